The van der Waals surface area contributed by atoms with Crippen LogP contribution in [0.25, 0.3) is 0 Å². The molecule has 0 aromatic carbocycles. The van der Waals surface area contributed by atoms with Gasteiger partial charge in [0.15, 0.2) is 0 Å². The van der Waals surface area contributed by atoms with Crippen molar-refractivity contribution in [2.24, 2.45) is 58.2 Å². The second kappa shape index (κ2) is 9.15. The summed E-state index contributed by atoms with van der Waals surface area (Å²) >= 11 is 0. The lowest BCUT2D eigenvalue weighted by Crippen LogP contribution is -2.56. The average molecular weight is 429 g/mol. The highest BCUT2D eigenvalue weighted by atomic mass is 16.3. The normalized spacial score (nSPS) is 48.0. The zero-order valence-corrected chi connectivity index (χ0v) is 21.4. The van der Waals surface area contributed by atoms with Gasteiger partial charge in [-0.2, -0.15) is 0 Å². The standard InChI is InChI=1S/C30H52O/c1-7-9-23-26-13-12-22-25-15-14-24(21(4)11-8-10-20(2)3)29(25,5)18-16-27(22)30(26,6)19-17-28(23)31/h7,20-28,31H,1,8-19H2,2-6H3/t21-,22+,23+,24-,25+,26+,27+,28-,29-,30+/m1/s1. The average Bonchev–Trinajstić information content (AvgIpc) is 3.07. The number of rotatable bonds is 7. The van der Waals surface area contributed by atoms with Gasteiger partial charge in [0.25, 0.3) is 0 Å². The molecule has 31 heavy (non-hydrogen) atoms. The van der Waals surface area contributed by atoms with Gasteiger partial charge < -0.3 is 5.11 Å². The minimum atomic E-state index is -0.0935. The van der Waals surface area contributed by atoms with Crippen molar-refractivity contribution in [3.05, 3.63) is 12.7 Å². The van der Waals surface area contributed by atoms with Crippen LogP contribution >= 0.6 is 0 Å². The number of allylic oxidation sites excluding steroid dienone is 1. The number of aliphatic hydroxyl groups is 1. The third-order valence-electron chi connectivity index (χ3n) is 11.6. The van der Waals surface area contributed by atoms with E-state index < -0.39 is 0 Å². The third kappa shape index (κ3) is 4.08. The molecule has 0 amide bonds. The van der Waals surface area contributed by atoms with Crippen LogP contribution in [0.4, 0.5) is 0 Å². The Morgan fingerprint density at radius 2 is 1.55 bits per heavy atom. The Kier molecular flexibility index (Phi) is 7.04. The molecule has 0 aliphatic heterocycles. The van der Waals surface area contributed by atoms with Crippen molar-refractivity contribution < 1.29 is 5.11 Å². The molecule has 178 valence electrons. The van der Waals surface area contributed by atoms with Crippen LogP contribution in [0.5, 0.6) is 0 Å². The maximum absolute atomic E-state index is 10.8. The van der Waals surface area contributed by atoms with Crippen LogP contribution in [0.15, 0.2) is 12.7 Å². The monoisotopic (exact) mass is 428 g/mol. The van der Waals surface area contributed by atoms with Crippen LogP contribution in [-0.4, -0.2) is 11.2 Å². The SMILES string of the molecule is C=CC[C@@H]1[C@H](O)CC[C@@]2(C)[C@H]1CC[C@@H]1[C@@H]2CC[C@]2(C)[C@@H]([C@H](C)CCCC(C)C)CC[C@@H]12. The first-order chi connectivity index (χ1) is 14.7. The van der Waals surface area contributed by atoms with E-state index in [1.165, 1.54) is 64.2 Å². The maximum atomic E-state index is 10.8. The number of fused-ring (bicyclic) bond motifs is 5. The molecule has 0 heterocycles. The topological polar surface area (TPSA) is 20.2 Å². The van der Waals surface area contributed by atoms with Crippen molar-refractivity contribution >= 4 is 0 Å². The zero-order chi connectivity index (χ0) is 22.4. The summed E-state index contributed by atoms with van der Waals surface area (Å²) in [7, 11) is 0. The second-order valence-electron chi connectivity index (χ2n) is 13.4. The molecule has 4 aliphatic rings. The van der Waals surface area contributed by atoms with Crippen LogP contribution < -0.4 is 0 Å². The summed E-state index contributed by atoms with van der Waals surface area (Å²) in [4.78, 5) is 0. The molecule has 0 unspecified atom stereocenters. The van der Waals surface area contributed by atoms with Gasteiger partial charge in [0.2, 0.25) is 0 Å². The van der Waals surface area contributed by atoms with Crippen molar-refractivity contribution in [2.45, 2.75) is 118 Å². The minimum Gasteiger partial charge on any atom is -0.393 e. The van der Waals surface area contributed by atoms with Crippen molar-refractivity contribution in [1.82, 2.24) is 0 Å². The van der Waals surface area contributed by atoms with E-state index in [1.807, 2.05) is 0 Å². The highest BCUT2D eigenvalue weighted by Crippen LogP contribution is 2.69. The van der Waals surface area contributed by atoms with E-state index in [0.29, 0.717) is 22.7 Å². The summed E-state index contributed by atoms with van der Waals surface area (Å²) < 4.78 is 0. The highest BCUT2D eigenvalue weighted by molar-refractivity contribution is 5.11. The van der Waals surface area contributed by atoms with Gasteiger partial charge >= 0.3 is 0 Å². The third-order valence-corrected chi connectivity index (χ3v) is 11.6. The van der Waals surface area contributed by atoms with E-state index >= 15 is 0 Å². The van der Waals surface area contributed by atoms with Gasteiger partial charge in [-0.1, -0.05) is 60.0 Å². The molecule has 0 spiro atoms. The molecule has 0 bridgehead atoms. The first-order valence-electron chi connectivity index (χ1n) is 14.0. The van der Waals surface area contributed by atoms with Crippen molar-refractivity contribution in [1.29, 1.82) is 0 Å². The number of hydrogen-bond acceptors (Lipinski definition) is 1. The van der Waals surface area contributed by atoms with Crippen LogP contribution in [-0.2, 0) is 0 Å². The molecule has 1 N–H and O–H groups in total. The van der Waals surface area contributed by atoms with Crippen LogP contribution in [0.1, 0.15) is 112 Å². The van der Waals surface area contributed by atoms with Crippen LogP contribution in [0.3, 0.4) is 0 Å². The van der Waals surface area contributed by atoms with E-state index in [1.54, 1.807) is 0 Å². The molecule has 10 atom stereocenters. The lowest BCUT2D eigenvalue weighted by atomic mass is 9.43. The molecule has 0 saturated heterocycles. The fourth-order valence-corrected chi connectivity index (χ4v) is 10.0. The Hall–Kier alpha value is -0.300. The summed E-state index contributed by atoms with van der Waals surface area (Å²) in [5, 5.41) is 10.8. The van der Waals surface area contributed by atoms with Gasteiger partial charge in [0.05, 0.1) is 6.10 Å². The molecular weight excluding hydrogens is 376 g/mol. The molecule has 1 nitrogen and oxygen atoms in total. The predicted molar refractivity (Wildman–Crippen MR) is 133 cm³/mol. The summed E-state index contributed by atoms with van der Waals surface area (Å²) in [6.45, 7) is 16.7. The predicted octanol–water partition coefficient (Wildman–Crippen LogP) is 8.27. The Bertz CT molecular complexity index is 624. The van der Waals surface area contributed by atoms with Crippen molar-refractivity contribution in [2.75, 3.05) is 0 Å². The number of aliphatic hydroxyl groups excluding tert-OH is 1. The minimum absolute atomic E-state index is 0.0935. The lowest BCUT2D eigenvalue weighted by molar-refractivity contribution is -0.152. The highest BCUT2D eigenvalue weighted by Gasteiger charge is 2.61. The van der Waals surface area contributed by atoms with Gasteiger partial charge in [-0.05, 0) is 116 Å². The Morgan fingerprint density at radius 3 is 2.26 bits per heavy atom. The van der Waals surface area contributed by atoms with E-state index in [0.717, 1.165) is 48.3 Å². The first-order valence-corrected chi connectivity index (χ1v) is 14.0. The molecule has 4 fully saturated rings. The van der Waals surface area contributed by atoms with Crippen molar-refractivity contribution in [3.63, 3.8) is 0 Å². The molecule has 0 aromatic heterocycles. The largest absolute Gasteiger partial charge is 0.393 e. The fourth-order valence-electron chi connectivity index (χ4n) is 10.0. The van der Waals surface area contributed by atoms with Gasteiger partial charge in [0.1, 0.15) is 0 Å². The Morgan fingerprint density at radius 1 is 0.871 bits per heavy atom. The second-order valence-corrected chi connectivity index (χ2v) is 13.4. The maximum Gasteiger partial charge on any atom is 0.0574 e. The van der Waals surface area contributed by atoms with Gasteiger partial charge in [-0.15, -0.1) is 6.58 Å². The van der Waals surface area contributed by atoms with E-state index in [4.69, 9.17) is 0 Å². The van der Waals surface area contributed by atoms with E-state index in [-0.39, 0.29) is 6.10 Å². The molecule has 4 aliphatic carbocycles. The smallest absolute Gasteiger partial charge is 0.0574 e. The summed E-state index contributed by atoms with van der Waals surface area (Å²) in [5.41, 5.74) is 1.05. The quantitative estimate of drug-likeness (QED) is 0.404. The Balaban J connectivity index is 1.49. The molecule has 0 aromatic rings. The molecule has 4 saturated carbocycles. The van der Waals surface area contributed by atoms with E-state index in [9.17, 15) is 5.11 Å². The van der Waals surface area contributed by atoms with Gasteiger partial charge in [-0.25, -0.2) is 0 Å². The van der Waals surface area contributed by atoms with E-state index in [2.05, 4.69) is 47.3 Å². The summed E-state index contributed by atoms with van der Waals surface area (Å²) in [5.74, 6) is 6.70. The molecular formula is C30H52O. The fraction of sp³-hybridized carbons (Fsp3) is 0.933. The Labute approximate surface area is 193 Å². The van der Waals surface area contributed by atoms with Gasteiger partial charge in [0, 0.05) is 0 Å². The van der Waals surface area contributed by atoms with Crippen molar-refractivity contribution in [3.8, 4) is 0 Å². The molecule has 4 rings (SSSR count). The first kappa shape index (κ1) is 23.8. The molecule has 0 radical (unpaired) electrons. The van der Waals surface area contributed by atoms with Crippen LogP contribution in [0.2, 0.25) is 0 Å². The zero-order valence-electron chi connectivity index (χ0n) is 21.4. The summed E-state index contributed by atoms with van der Waals surface area (Å²) in [6, 6.07) is 0. The lowest BCUT2D eigenvalue weighted by Gasteiger charge is -2.62. The molecule has 1 heteroatoms. The van der Waals surface area contributed by atoms with Crippen LogP contribution in [0, 0.1) is 58.2 Å². The van der Waals surface area contributed by atoms with Gasteiger partial charge in [-0.3, -0.25) is 0 Å². The summed E-state index contributed by atoms with van der Waals surface area (Å²) in [6.07, 6.45) is 18.2. The number of hydrogen-bond donors (Lipinski definition) is 1.